The minimum absolute atomic E-state index is 0.187. The molecule has 26 heavy (non-hydrogen) atoms. The van der Waals surface area contributed by atoms with Crippen LogP contribution < -0.4 is 16.6 Å². The summed E-state index contributed by atoms with van der Waals surface area (Å²) < 4.78 is 2.38. The maximum atomic E-state index is 12.3. The fraction of sp³-hybridized carbons (Fsp3) is 0.158. The maximum Gasteiger partial charge on any atom is 0.332 e. The van der Waals surface area contributed by atoms with Crippen molar-refractivity contribution in [3.63, 3.8) is 0 Å². The van der Waals surface area contributed by atoms with Gasteiger partial charge in [-0.3, -0.25) is 13.9 Å². The lowest BCUT2D eigenvalue weighted by molar-refractivity contribution is 0.706. The monoisotopic (exact) mass is 347 g/mol. The van der Waals surface area contributed by atoms with Gasteiger partial charge in [-0.15, -0.1) is 0 Å². The molecule has 0 radical (unpaired) electrons. The van der Waals surface area contributed by atoms with Crippen molar-refractivity contribution in [1.82, 2.24) is 19.1 Å². The van der Waals surface area contributed by atoms with Gasteiger partial charge in [0.25, 0.3) is 5.56 Å². The van der Waals surface area contributed by atoms with Gasteiger partial charge in [0, 0.05) is 26.3 Å². The van der Waals surface area contributed by atoms with Gasteiger partial charge < -0.3 is 5.32 Å². The Morgan fingerprint density at radius 1 is 0.923 bits per heavy atom. The van der Waals surface area contributed by atoms with Crippen molar-refractivity contribution < 1.29 is 0 Å². The molecule has 0 atom stereocenters. The van der Waals surface area contributed by atoms with E-state index in [9.17, 15) is 9.59 Å². The van der Waals surface area contributed by atoms with Crippen LogP contribution in [-0.2, 0) is 20.6 Å². The zero-order valence-corrected chi connectivity index (χ0v) is 14.4. The first kappa shape index (κ1) is 16.0. The maximum absolute atomic E-state index is 12.3. The van der Waals surface area contributed by atoms with Gasteiger partial charge in [0.1, 0.15) is 0 Å². The van der Waals surface area contributed by atoms with Crippen LogP contribution in [0.4, 0.5) is 5.69 Å². The van der Waals surface area contributed by atoms with Crippen LogP contribution in [0.5, 0.6) is 0 Å². The van der Waals surface area contributed by atoms with Crippen LogP contribution in [0.15, 0.2) is 58.1 Å². The summed E-state index contributed by atoms with van der Waals surface area (Å²) in [7, 11) is 3.02. The minimum Gasteiger partial charge on any atom is -0.381 e. The fourth-order valence-corrected chi connectivity index (χ4v) is 2.89. The van der Waals surface area contributed by atoms with E-state index in [0.717, 1.165) is 10.3 Å². The molecule has 1 N–H and O–H groups in total. The summed E-state index contributed by atoms with van der Waals surface area (Å²) >= 11 is 0. The molecular formula is C19H17N5O2. The summed E-state index contributed by atoms with van der Waals surface area (Å²) in [6.07, 6.45) is 0. The third-order valence-corrected chi connectivity index (χ3v) is 4.38. The van der Waals surface area contributed by atoms with E-state index in [-0.39, 0.29) is 11.2 Å². The van der Waals surface area contributed by atoms with E-state index in [4.69, 9.17) is 0 Å². The summed E-state index contributed by atoms with van der Waals surface area (Å²) in [4.78, 5) is 33.3. The van der Waals surface area contributed by atoms with Crippen LogP contribution in [0.2, 0.25) is 0 Å². The largest absolute Gasteiger partial charge is 0.381 e. The fourth-order valence-electron chi connectivity index (χ4n) is 2.89. The smallest absolute Gasteiger partial charge is 0.332 e. The van der Waals surface area contributed by atoms with E-state index in [1.165, 1.54) is 17.2 Å². The van der Waals surface area contributed by atoms with Crippen molar-refractivity contribution in [3.8, 4) is 0 Å². The molecule has 4 aromatic rings. The average molecular weight is 347 g/mol. The number of fused-ring (bicyclic) bond motifs is 2. The molecule has 4 rings (SSSR count). The minimum atomic E-state index is -0.441. The second-order valence-corrected chi connectivity index (χ2v) is 6.14. The molecule has 0 aliphatic heterocycles. The lowest BCUT2D eigenvalue weighted by atomic mass is 10.2. The van der Waals surface area contributed by atoms with Crippen LogP contribution >= 0.6 is 0 Å². The highest BCUT2D eigenvalue weighted by Gasteiger charge is 2.12. The molecule has 0 spiro atoms. The molecule has 7 nitrogen and oxygen atoms in total. The van der Waals surface area contributed by atoms with Crippen LogP contribution in [-0.4, -0.2) is 19.1 Å². The highest BCUT2D eigenvalue weighted by Crippen LogP contribution is 2.18. The Morgan fingerprint density at radius 2 is 1.69 bits per heavy atom. The van der Waals surface area contributed by atoms with Crippen molar-refractivity contribution >= 4 is 27.9 Å². The van der Waals surface area contributed by atoms with Gasteiger partial charge in [0.15, 0.2) is 11.2 Å². The van der Waals surface area contributed by atoms with Gasteiger partial charge in [-0.05, 0) is 23.8 Å². The number of aryl methyl sites for hydroxylation is 1. The molecule has 0 fully saturated rings. The number of benzene rings is 2. The molecule has 0 bridgehead atoms. The number of hydrogen-bond donors (Lipinski definition) is 1. The van der Waals surface area contributed by atoms with Crippen molar-refractivity contribution in [2.24, 2.45) is 14.1 Å². The summed E-state index contributed by atoms with van der Waals surface area (Å²) in [6, 6.07) is 15.7. The second kappa shape index (κ2) is 6.11. The molecule has 0 aliphatic rings. The van der Waals surface area contributed by atoms with Gasteiger partial charge in [-0.1, -0.05) is 30.3 Å². The summed E-state index contributed by atoms with van der Waals surface area (Å²) in [5, 5.41) is 3.35. The van der Waals surface area contributed by atoms with Crippen LogP contribution in [0.25, 0.3) is 22.2 Å². The first-order valence-corrected chi connectivity index (χ1v) is 8.20. The number of aromatic nitrogens is 4. The standard InChI is InChI=1S/C19H17N5O2/c1-23-17-16(18(25)24(2)19(23)26)21-14-9-8-13(10-15(14)22-17)20-11-12-6-4-3-5-7-12/h3-10,20H,11H2,1-2H3. The Morgan fingerprint density at radius 3 is 2.46 bits per heavy atom. The Hall–Kier alpha value is -3.48. The summed E-state index contributed by atoms with van der Waals surface area (Å²) in [6.45, 7) is 0.687. The lowest BCUT2D eigenvalue weighted by Crippen LogP contribution is -2.37. The van der Waals surface area contributed by atoms with E-state index < -0.39 is 11.2 Å². The van der Waals surface area contributed by atoms with E-state index in [0.29, 0.717) is 17.6 Å². The van der Waals surface area contributed by atoms with Gasteiger partial charge in [-0.2, -0.15) is 0 Å². The van der Waals surface area contributed by atoms with Gasteiger partial charge in [0.2, 0.25) is 0 Å². The van der Waals surface area contributed by atoms with Gasteiger partial charge in [0.05, 0.1) is 11.0 Å². The highest BCUT2D eigenvalue weighted by atomic mass is 16.2. The predicted molar refractivity (Wildman–Crippen MR) is 101 cm³/mol. The number of hydrogen-bond acceptors (Lipinski definition) is 5. The zero-order chi connectivity index (χ0) is 18.3. The topological polar surface area (TPSA) is 81.8 Å². The first-order chi connectivity index (χ1) is 12.5. The van der Waals surface area contributed by atoms with Crippen molar-refractivity contribution in [1.29, 1.82) is 0 Å². The van der Waals surface area contributed by atoms with Crippen LogP contribution in [0, 0.1) is 0 Å². The molecule has 2 aromatic heterocycles. The lowest BCUT2D eigenvalue weighted by Gasteiger charge is -2.09. The Balaban J connectivity index is 1.79. The molecule has 130 valence electrons. The van der Waals surface area contributed by atoms with E-state index in [2.05, 4.69) is 15.3 Å². The number of anilines is 1. The van der Waals surface area contributed by atoms with Crippen molar-refractivity contribution in [2.45, 2.75) is 6.54 Å². The van der Waals surface area contributed by atoms with Gasteiger partial charge in [-0.25, -0.2) is 14.8 Å². The van der Waals surface area contributed by atoms with Crippen LogP contribution in [0.3, 0.4) is 0 Å². The Labute approximate surface area is 148 Å². The molecule has 0 unspecified atom stereocenters. The number of nitrogens with zero attached hydrogens (tertiary/aromatic N) is 4. The molecule has 0 saturated carbocycles. The quantitative estimate of drug-likeness (QED) is 0.572. The molecule has 0 aliphatic carbocycles. The van der Waals surface area contributed by atoms with Gasteiger partial charge >= 0.3 is 5.69 Å². The Kier molecular flexibility index (Phi) is 3.76. The molecule has 0 saturated heterocycles. The third-order valence-electron chi connectivity index (χ3n) is 4.38. The second-order valence-electron chi connectivity index (χ2n) is 6.14. The summed E-state index contributed by atoms with van der Waals surface area (Å²) in [5.74, 6) is 0. The van der Waals surface area contributed by atoms with E-state index >= 15 is 0 Å². The normalized spacial score (nSPS) is 11.2. The third kappa shape index (κ3) is 2.63. The molecular weight excluding hydrogens is 330 g/mol. The summed E-state index contributed by atoms with van der Waals surface area (Å²) in [5.41, 5.74) is 2.90. The first-order valence-electron chi connectivity index (χ1n) is 8.20. The Bertz CT molecular complexity index is 1240. The van der Waals surface area contributed by atoms with E-state index in [1.807, 2.05) is 48.5 Å². The van der Waals surface area contributed by atoms with E-state index in [1.54, 1.807) is 7.05 Å². The van der Waals surface area contributed by atoms with Crippen molar-refractivity contribution in [2.75, 3.05) is 5.32 Å². The zero-order valence-electron chi connectivity index (χ0n) is 14.4. The molecule has 7 heteroatoms. The molecule has 0 amide bonds. The highest BCUT2D eigenvalue weighted by molar-refractivity contribution is 5.86. The SMILES string of the molecule is Cn1c(=O)c2nc3ccc(NCc4ccccc4)cc3nc2n(C)c1=O. The molecule has 2 heterocycles. The number of rotatable bonds is 3. The number of nitrogens with one attached hydrogen (secondary N) is 1. The predicted octanol–water partition coefficient (Wildman–Crippen LogP) is 1.79. The van der Waals surface area contributed by atoms with Crippen molar-refractivity contribution in [3.05, 3.63) is 74.9 Å². The molecule has 2 aromatic carbocycles. The average Bonchev–Trinajstić information content (AvgIpc) is 2.68. The van der Waals surface area contributed by atoms with Crippen LogP contribution in [0.1, 0.15) is 5.56 Å².